The summed E-state index contributed by atoms with van der Waals surface area (Å²) in [6.45, 7) is 0. The summed E-state index contributed by atoms with van der Waals surface area (Å²) in [6.07, 6.45) is 1.17. The molecule has 1 aromatic heterocycles. The van der Waals surface area contributed by atoms with Crippen LogP contribution in [0.4, 0.5) is 0 Å². The molecule has 5 nitrogen and oxygen atoms in total. The summed E-state index contributed by atoms with van der Waals surface area (Å²) < 4.78 is 4.80. The van der Waals surface area contributed by atoms with Crippen LogP contribution in [0.3, 0.4) is 0 Å². The van der Waals surface area contributed by atoms with Gasteiger partial charge < -0.3 is 9.84 Å². The first-order valence-corrected chi connectivity index (χ1v) is 3.36. The number of nitriles is 1. The average Bonchev–Trinajstić information content (AvgIpc) is 2.16. The minimum atomic E-state index is -1.15. The van der Waals surface area contributed by atoms with Crippen molar-refractivity contribution in [3.05, 3.63) is 23.5 Å². The van der Waals surface area contributed by atoms with Crippen LogP contribution in [0, 0.1) is 11.3 Å². The Morgan fingerprint density at radius 2 is 2.46 bits per heavy atom. The summed E-state index contributed by atoms with van der Waals surface area (Å²) in [5.74, 6) is -0.933. The number of carboxylic acids is 1. The second kappa shape index (κ2) is 3.54. The number of pyridine rings is 1. The third-order valence-corrected chi connectivity index (χ3v) is 1.43. The highest BCUT2D eigenvalue weighted by Crippen LogP contribution is 2.16. The lowest BCUT2D eigenvalue weighted by molar-refractivity contribution is 0.0690. The molecule has 0 saturated carbocycles. The summed E-state index contributed by atoms with van der Waals surface area (Å²) in [5, 5.41) is 17.1. The van der Waals surface area contributed by atoms with E-state index in [4.69, 9.17) is 15.1 Å². The second-order valence-corrected chi connectivity index (χ2v) is 2.19. The fraction of sp³-hybridized carbons (Fsp3) is 0.125. The molecule has 0 bridgehead atoms. The summed E-state index contributed by atoms with van der Waals surface area (Å²) in [6, 6.07) is 3.04. The Morgan fingerprint density at radius 1 is 1.77 bits per heavy atom. The van der Waals surface area contributed by atoms with Crippen LogP contribution in [-0.2, 0) is 0 Å². The van der Waals surface area contributed by atoms with Gasteiger partial charge in [0.25, 0.3) is 0 Å². The molecule has 0 atom stereocenters. The summed E-state index contributed by atoms with van der Waals surface area (Å²) in [5.41, 5.74) is 0.0725. The molecule has 1 N–H and O–H groups in total. The molecule has 0 aliphatic rings. The van der Waals surface area contributed by atoms with Crippen molar-refractivity contribution in [2.24, 2.45) is 0 Å². The maximum absolute atomic E-state index is 10.5. The highest BCUT2D eigenvalue weighted by atomic mass is 16.5. The van der Waals surface area contributed by atoms with Crippen LogP contribution in [-0.4, -0.2) is 23.2 Å². The molecule has 0 aliphatic heterocycles. The topological polar surface area (TPSA) is 83.2 Å². The van der Waals surface area contributed by atoms with E-state index in [0.717, 1.165) is 0 Å². The fourth-order valence-electron chi connectivity index (χ4n) is 0.807. The van der Waals surface area contributed by atoms with E-state index in [1.807, 2.05) is 6.07 Å². The minimum absolute atomic E-state index is 0.143. The van der Waals surface area contributed by atoms with E-state index in [0.29, 0.717) is 0 Å². The number of carboxylic acid groups (broad SMARTS) is 1. The number of ether oxygens (including phenoxy) is 1. The van der Waals surface area contributed by atoms with Gasteiger partial charge in [-0.15, -0.1) is 0 Å². The molecular weight excluding hydrogens is 172 g/mol. The highest BCUT2D eigenvalue weighted by molar-refractivity contribution is 5.85. The molecule has 0 unspecified atom stereocenters. The lowest BCUT2D eigenvalue weighted by Crippen LogP contribution is -2.01. The summed E-state index contributed by atoms with van der Waals surface area (Å²) in [7, 11) is 1.36. The zero-order valence-corrected chi connectivity index (χ0v) is 6.81. The molecule has 1 aromatic rings. The smallest absolute Gasteiger partial charge is 0.354 e. The highest BCUT2D eigenvalue weighted by Gasteiger charge is 2.09. The Balaban J connectivity index is 3.23. The molecular formula is C8H6N2O3. The molecule has 0 saturated heterocycles. The second-order valence-electron chi connectivity index (χ2n) is 2.19. The van der Waals surface area contributed by atoms with Gasteiger partial charge in [0, 0.05) is 12.3 Å². The van der Waals surface area contributed by atoms with Gasteiger partial charge >= 0.3 is 5.97 Å². The zero-order valence-electron chi connectivity index (χ0n) is 6.81. The maximum Gasteiger partial charge on any atom is 0.354 e. The van der Waals surface area contributed by atoms with Gasteiger partial charge in [0.1, 0.15) is 17.4 Å². The molecule has 13 heavy (non-hydrogen) atoms. The van der Waals surface area contributed by atoms with Crippen LogP contribution >= 0.6 is 0 Å². The first-order valence-electron chi connectivity index (χ1n) is 3.36. The monoisotopic (exact) mass is 178 g/mol. The first kappa shape index (κ1) is 9.00. The van der Waals surface area contributed by atoms with E-state index in [1.54, 1.807) is 0 Å². The van der Waals surface area contributed by atoms with Crippen LogP contribution in [0.15, 0.2) is 12.3 Å². The standard InChI is InChI=1S/C8H6N2O3/c1-13-7-2-6(8(11)12)10-4-5(7)3-9/h2,4H,1H3,(H,11,12). The molecule has 0 fully saturated rings. The van der Waals surface area contributed by atoms with E-state index in [-0.39, 0.29) is 17.0 Å². The maximum atomic E-state index is 10.5. The molecule has 0 amide bonds. The van der Waals surface area contributed by atoms with E-state index in [1.165, 1.54) is 19.4 Å². The predicted molar refractivity (Wildman–Crippen MR) is 42.5 cm³/mol. The third-order valence-electron chi connectivity index (χ3n) is 1.43. The van der Waals surface area contributed by atoms with Crippen molar-refractivity contribution in [3.8, 4) is 11.8 Å². The quantitative estimate of drug-likeness (QED) is 0.719. The van der Waals surface area contributed by atoms with Crippen LogP contribution < -0.4 is 4.74 Å². The Kier molecular flexibility index (Phi) is 2.45. The third kappa shape index (κ3) is 1.73. The SMILES string of the molecule is COc1cc(C(=O)O)ncc1C#N. The summed E-state index contributed by atoms with van der Waals surface area (Å²) in [4.78, 5) is 14.0. The van der Waals surface area contributed by atoms with E-state index >= 15 is 0 Å². The zero-order chi connectivity index (χ0) is 9.84. The molecule has 0 aromatic carbocycles. The van der Waals surface area contributed by atoms with Crippen LogP contribution in [0.1, 0.15) is 16.1 Å². The first-order chi connectivity index (χ1) is 6.19. The molecule has 66 valence electrons. The van der Waals surface area contributed by atoms with Crippen LogP contribution in [0.25, 0.3) is 0 Å². The fourth-order valence-corrected chi connectivity index (χ4v) is 0.807. The van der Waals surface area contributed by atoms with Crippen molar-refractivity contribution in [2.45, 2.75) is 0 Å². The van der Waals surface area contributed by atoms with Crippen molar-refractivity contribution in [1.82, 2.24) is 4.98 Å². The Labute approximate surface area is 74.2 Å². The van der Waals surface area contributed by atoms with Crippen LogP contribution in [0.2, 0.25) is 0 Å². The number of carbonyl (C=O) groups is 1. The lowest BCUT2D eigenvalue weighted by atomic mass is 10.2. The summed E-state index contributed by atoms with van der Waals surface area (Å²) >= 11 is 0. The Bertz CT molecular complexity index is 381. The van der Waals surface area contributed by atoms with Gasteiger partial charge in [0.15, 0.2) is 5.69 Å². The number of aromatic nitrogens is 1. The van der Waals surface area contributed by atoms with Gasteiger partial charge in [-0.05, 0) is 0 Å². The molecule has 1 heterocycles. The van der Waals surface area contributed by atoms with Gasteiger partial charge in [-0.1, -0.05) is 0 Å². The average molecular weight is 178 g/mol. The molecule has 5 heteroatoms. The number of hydrogen-bond acceptors (Lipinski definition) is 4. The van der Waals surface area contributed by atoms with E-state index in [9.17, 15) is 4.79 Å². The van der Waals surface area contributed by atoms with Crippen molar-refractivity contribution in [2.75, 3.05) is 7.11 Å². The van der Waals surface area contributed by atoms with Gasteiger partial charge in [0.2, 0.25) is 0 Å². The number of rotatable bonds is 2. The lowest BCUT2D eigenvalue weighted by Gasteiger charge is -2.01. The molecule has 1 rings (SSSR count). The van der Waals surface area contributed by atoms with Crippen molar-refractivity contribution in [3.63, 3.8) is 0 Å². The van der Waals surface area contributed by atoms with Gasteiger partial charge in [-0.25, -0.2) is 9.78 Å². The number of aromatic carboxylic acids is 1. The Morgan fingerprint density at radius 3 is 2.92 bits per heavy atom. The minimum Gasteiger partial charge on any atom is -0.495 e. The van der Waals surface area contributed by atoms with E-state index in [2.05, 4.69) is 4.98 Å². The van der Waals surface area contributed by atoms with Gasteiger partial charge in [-0.3, -0.25) is 0 Å². The number of nitrogens with zero attached hydrogens (tertiary/aromatic N) is 2. The number of methoxy groups -OCH3 is 1. The van der Waals surface area contributed by atoms with Gasteiger partial charge in [0.05, 0.1) is 7.11 Å². The Hall–Kier alpha value is -2.09. The van der Waals surface area contributed by atoms with Crippen LogP contribution in [0.5, 0.6) is 5.75 Å². The van der Waals surface area contributed by atoms with Crippen molar-refractivity contribution < 1.29 is 14.6 Å². The van der Waals surface area contributed by atoms with Crippen molar-refractivity contribution >= 4 is 5.97 Å². The van der Waals surface area contributed by atoms with E-state index < -0.39 is 5.97 Å². The molecule has 0 spiro atoms. The largest absolute Gasteiger partial charge is 0.495 e. The van der Waals surface area contributed by atoms with Gasteiger partial charge in [-0.2, -0.15) is 5.26 Å². The normalized spacial score (nSPS) is 8.92. The van der Waals surface area contributed by atoms with Crippen molar-refractivity contribution in [1.29, 1.82) is 5.26 Å². The molecule has 0 aliphatic carbocycles. The molecule has 0 radical (unpaired) electrons. The predicted octanol–water partition coefficient (Wildman–Crippen LogP) is 0.660. The number of hydrogen-bond donors (Lipinski definition) is 1.